The molecule has 3 nitrogen and oxygen atoms in total. The van der Waals surface area contributed by atoms with Crippen LogP contribution in [-0.4, -0.2) is 19.0 Å². The fourth-order valence-electron chi connectivity index (χ4n) is 1.65. The Kier molecular flexibility index (Phi) is 8.70. The largest absolute Gasteiger partial charge is 0.370 e. The molecule has 1 rings (SSSR count). The molecule has 0 saturated heterocycles. The van der Waals surface area contributed by atoms with Crippen molar-refractivity contribution in [3.63, 3.8) is 0 Å². The van der Waals surface area contributed by atoms with Gasteiger partial charge in [0.25, 0.3) is 0 Å². The van der Waals surface area contributed by atoms with E-state index in [-0.39, 0.29) is 24.0 Å². The molecular formula is C12H24IN3. The first-order valence-corrected chi connectivity index (χ1v) is 5.90. The van der Waals surface area contributed by atoms with Crippen LogP contribution in [0.3, 0.4) is 0 Å². The van der Waals surface area contributed by atoms with Gasteiger partial charge in [0.15, 0.2) is 5.96 Å². The van der Waals surface area contributed by atoms with Crippen molar-refractivity contribution in [3.05, 3.63) is 11.6 Å². The van der Waals surface area contributed by atoms with Crippen LogP contribution in [0.5, 0.6) is 0 Å². The summed E-state index contributed by atoms with van der Waals surface area (Å²) in [5.74, 6) is 1.16. The number of halogens is 1. The minimum absolute atomic E-state index is 0. The predicted molar refractivity (Wildman–Crippen MR) is 81.3 cm³/mol. The third kappa shape index (κ3) is 7.09. The van der Waals surface area contributed by atoms with Crippen LogP contribution >= 0.6 is 24.0 Å². The van der Waals surface area contributed by atoms with Crippen molar-refractivity contribution in [2.45, 2.75) is 39.5 Å². The van der Waals surface area contributed by atoms with Gasteiger partial charge >= 0.3 is 0 Å². The standard InChI is InChI=1S/C12H23N3.HI/c1-10(2)9-15-12(13)14-8-7-11-5-3-4-6-11;/h5,10H,3-4,6-9H2,1-2H3,(H3,13,14,15);1H. The summed E-state index contributed by atoms with van der Waals surface area (Å²) in [7, 11) is 0. The van der Waals surface area contributed by atoms with Gasteiger partial charge in [0.05, 0.1) is 0 Å². The van der Waals surface area contributed by atoms with Gasteiger partial charge in [-0.25, -0.2) is 0 Å². The Hall–Kier alpha value is -0.260. The lowest BCUT2D eigenvalue weighted by Gasteiger charge is -2.07. The number of nitrogens with zero attached hydrogens (tertiary/aromatic N) is 1. The fraction of sp³-hybridized carbons (Fsp3) is 0.750. The lowest BCUT2D eigenvalue weighted by molar-refractivity contribution is 0.661. The summed E-state index contributed by atoms with van der Waals surface area (Å²) in [5.41, 5.74) is 7.29. The van der Waals surface area contributed by atoms with Crippen molar-refractivity contribution in [1.82, 2.24) is 5.32 Å². The van der Waals surface area contributed by atoms with Crippen molar-refractivity contribution in [2.75, 3.05) is 13.1 Å². The van der Waals surface area contributed by atoms with E-state index in [1.54, 1.807) is 5.57 Å². The molecule has 0 bridgehead atoms. The van der Waals surface area contributed by atoms with E-state index in [0.29, 0.717) is 11.9 Å². The second-order valence-electron chi connectivity index (χ2n) is 4.55. The number of guanidine groups is 1. The zero-order valence-electron chi connectivity index (χ0n) is 10.3. The first-order chi connectivity index (χ1) is 7.18. The Morgan fingerprint density at radius 2 is 2.31 bits per heavy atom. The molecular weight excluding hydrogens is 313 g/mol. The number of hydrogen-bond donors (Lipinski definition) is 2. The van der Waals surface area contributed by atoms with E-state index in [1.807, 2.05) is 0 Å². The van der Waals surface area contributed by atoms with Gasteiger partial charge in [0.1, 0.15) is 0 Å². The van der Waals surface area contributed by atoms with E-state index in [2.05, 4.69) is 30.2 Å². The zero-order valence-corrected chi connectivity index (χ0v) is 12.7. The Morgan fingerprint density at radius 1 is 1.56 bits per heavy atom. The molecule has 0 aromatic rings. The van der Waals surface area contributed by atoms with Crippen LogP contribution in [0.1, 0.15) is 39.5 Å². The number of aliphatic imine (C=N–C) groups is 1. The third-order valence-corrected chi connectivity index (χ3v) is 2.51. The number of nitrogens with one attached hydrogen (secondary N) is 1. The molecule has 0 amide bonds. The molecule has 0 atom stereocenters. The SMILES string of the molecule is CC(C)CN=C(N)NCCC1=CCCC1.I. The third-order valence-electron chi connectivity index (χ3n) is 2.51. The summed E-state index contributed by atoms with van der Waals surface area (Å²) in [6, 6.07) is 0. The van der Waals surface area contributed by atoms with E-state index < -0.39 is 0 Å². The second-order valence-corrected chi connectivity index (χ2v) is 4.55. The smallest absolute Gasteiger partial charge is 0.188 e. The molecule has 0 fully saturated rings. The van der Waals surface area contributed by atoms with Crippen molar-refractivity contribution in [1.29, 1.82) is 0 Å². The summed E-state index contributed by atoms with van der Waals surface area (Å²) in [6.45, 7) is 6.00. The van der Waals surface area contributed by atoms with Gasteiger partial charge in [-0.1, -0.05) is 25.5 Å². The highest BCUT2D eigenvalue weighted by Gasteiger charge is 2.03. The van der Waals surface area contributed by atoms with Crippen molar-refractivity contribution in [2.24, 2.45) is 16.6 Å². The highest BCUT2D eigenvalue weighted by molar-refractivity contribution is 14.0. The Morgan fingerprint density at radius 3 is 2.88 bits per heavy atom. The molecule has 1 aliphatic carbocycles. The van der Waals surface area contributed by atoms with Crippen LogP contribution in [0.2, 0.25) is 0 Å². The molecule has 4 heteroatoms. The molecule has 1 aliphatic rings. The van der Waals surface area contributed by atoms with Gasteiger partial charge in [-0.05, 0) is 31.6 Å². The molecule has 0 aromatic carbocycles. The number of nitrogens with two attached hydrogens (primary N) is 1. The molecule has 0 spiro atoms. The summed E-state index contributed by atoms with van der Waals surface area (Å²) >= 11 is 0. The van der Waals surface area contributed by atoms with Gasteiger partial charge in [0, 0.05) is 13.1 Å². The van der Waals surface area contributed by atoms with Gasteiger partial charge in [0.2, 0.25) is 0 Å². The topological polar surface area (TPSA) is 50.4 Å². The quantitative estimate of drug-likeness (QED) is 0.351. The highest BCUT2D eigenvalue weighted by Crippen LogP contribution is 2.19. The lowest BCUT2D eigenvalue weighted by atomic mass is 10.2. The van der Waals surface area contributed by atoms with E-state index in [9.17, 15) is 0 Å². The molecule has 0 aliphatic heterocycles. The molecule has 0 unspecified atom stereocenters. The molecule has 0 saturated carbocycles. The average molecular weight is 337 g/mol. The average Bonchev–Trinajstić information content (AvgIpc) is 2.67. The Balaban J connectivity index is 0.00000225. The van der Waals surface area contributed by atoms with Gasteiger partial charge < -0.3 is 11.1 Å². The van der Waals surface area contributed by atoms with E-state index in [4.69, 9.17) is 5.73 Å². The monoisotopic (exact) mass is 337 g/mol. The lowest BCUT2D eigenvalue weighted by Crippen LogP contribution is -2.33. The van der Waals surface area contributed by atoms with Crippen LogP contribution in [-0.2, 0) is 0 Å². The maximum atomic E-state index is 5.73. The highest BCUT2D eigenvalue weighted by atomic mass is 127. The normalized spacial score (nSPS) is 15.9. The van der Waals surface area contributed by atoms with Crippen molar-refractivity contribution >= 4 is 29.9 Å². The van der Waals surface area contributed by atoms with Gasteiger partial charge in [-0.3, -0.25) is 4.99 Å². The Bertz CT molecular complexity index is 247. The predicted octanol–water partition coefficient (Wildman–Crippen LogP) is 2.67. The zero-order chi connectivity index (χ0) is 11.1. The van der Waals surface area contributed by atoms with Crippen LogP contribution in [0, 0.1) is 5.92 Å². The summed E-state index contributed by atoms with van der Waals surface area (Å²) in [5, 5.41) is 3.15. The van der Waals surface area contributed by atoms with Gasteiger partial charge in [-0.2, -0.15) is 0 Å². The summed E-state index contributed by atoms with van der Waals surface area (Å²) in [6.07, 6.45) is 7.31. The summed E-state index contributed by atoms with van der Waals surface area (Å²) < 4.78 is 0. The van der Waals surface area contributed by atoms with Crippen LogP contribution < -0.4 is 11.1 Å². The molecule has 0 heterocycles. The maximum absolute atomic E-state index is 5.73. The van der Waals surface area contributed by atoms with E-state index >= 15 is 0 Å². The van der Waals surface area contributed by atoms with Crippen molar-refractivity contribution in [3.8, 4) is 0 Å². The first-order valence-electron chi connectivity index (χ1n) is 5.90. The molecule has 94 valence electrons. The van der Waals surface area contributed by atoms with E-state index in [1.165, 1.54) is 19.3 Å². The number of hydrogen-bond acceptors (Lipinski definition) is 1. The van der Waals surface area contributed by atoms with Crippen LogP contribution in [0.15, 0.2) is 16.6 Å². The minimum Gasteiger partial charge on any atom is -0.370 e. The first kappa shape index (κ1) is 15.7. The summed E-state index contributed by atoms with van der Waals surface area (Å²) in [4.78, 5) is 4.25. The molecule has 0 radical (unpaired) electrons. The van der Waals surface area contributed by atoms with Crippen LogP contribution in [0.25, 0.3) is 0 Å². The molecule has 0 aromatic heterocycles. The number of allylic oxidation sites excluding steroid dienone is 1. The maximum Gasteiger partial charge on any atom is 0.188 e. The number of rotatable bonds is 5. The van der Waals surface area contributed by atoms with Crippen LogP contribution in [0.4, 0.5) is 0 Å². The second kappa shape index (κ2) is 8.84. The molecule has 16 heavy (non-hydrogen) atoms. The minimum atomic E-state index is 0. The fourth-order valence-corrected chi connectivity index (χ4v) is 1.65. The van der Waals surface area contributed by atoms with E-state index in [0.717, 1.165) is 19.5 Å². The Labute approximate surface area is 116 Å². The van der Waals surface area contributed by atoms with Gasteiger partial charge in [-0.15, -0.1) is 24.0 Å². The molecule has 3 N–H and O–H groups in total. The van der Waals surface area contributed by atoms with Crippen molar-refractivity contribution < 1.29 is 0 Å².